The number of ketones is 1. The van der Waals surface area contributed by atoms with Crippen molar-refractivity contribution in [3.05, 3.63) is 59.7 Å². The van der Waals surface area contributed by atoms with Crippen LogP contribution in [0.15, 0.2) is 53.4 Å². The Kier molecular flexibility index (Phi) is 5.08. The van der Waals surface area contributed by atoms with E-state index < -0.39 is 10.0 Å². The summed E-state index contributed by atoms with van der Waals surface area (Å²) < 4.78 is 27.3. The Labute approximate surface area is 152 Å². The maximum Gasteiger partial charge on any atom is 0.261 e. The first kappa shape index (κ1) is 18.1. The molecular weight excluding hydrogens is 352 g/mol. The zero-order valence-corrected chi connectivity index (χ0v) is 15.2. The summed E-state index contributed by atoms with van der Waals surface area (Å²) >= 11 is 0. The molecule has 1 aliphatic rings. The molecule has 1 amide bonds. The first-order valence-electron chi connectivity index (χ1n) is 8.37. The van der Waals surface area contributed by atoms with E-state index in [0.29, 0.717) is 29.3 Å². The highest BCUT2D eigenvalue weighted by Crippen LogP contribution is 2.27. The van der Waals surface area contributed by atoms with E-state index in [-0.39, 0.29) is 16.6 Å². The second-order valence-electron chi connectivity index (χ2n) is 6.42. The van der Waals surface area contributed by atoms with Crippen LogP contribution in [-0.4, -0.2) is 26.7 Å². The van der Waals surface area contributed by atoms with Gasteiger partial charge in [0, 0.05) is 23.4 Å². The SMILES string of the molecule is CC(=O)c1ccc(S(=O)(=O)Nc2ccc(C(=O)NCC3CC3)cc2)cc1. The fraction of sp³-hybridized carbons (Fsp3) is 0.263. The van der Waals surface area contributed by atoms with E-state index in [4.69, 9.17) is 0 Å². The maximum atomic E-state index is 12.4. The minimum absolute atomic E-state index is 0.0637. The number of hydrogen-bond donors (Lipinski definition) is 2. The zero-order valence-electron chi connectivity index (χ0n) is 14.4. The van der Waals surface area contributed by atoms with Crippen LogP contribution in [0.5, 0.6) is 0 Å². The van der Waals surface area contributed by atoms with Crippen molar-refractivity contribution < 1.29 is 18.0 Å². The molecule has 6 nitrogen and oxygen atoms in total. The summed E-state index contributed by atoms with van der Waals surface area (Å²) in [5, 5.41) is 2.86. The number of sulfonamides is 1. The number of anilines is 1. The summed E-state index contributed by atoms with van der Waals surface area (Å²) in [4.78, 5) is 23.3. The number of hydrogen-bond acceptors (Lipinski definition) is 4. The van der Waals surface area contributed by atoms with Gasteiger partial charge in [0.05, 0.1) is 4.90 Å². The molecule has 2 N–H and O–H groups in total. The minimum Gasteiger partial charge on any atom is -0.352 e. The summed E-state index contributed by atoms with van der Waals surface area (Å²) in [7, 11) is -3.76. The van der Waals surface area contributed by atoms with Crippen LogP contribution in [0.2, 0.25) is 0 Å². The van der Waals surface area contributed by atoms with Crippen LogP contribution in [-0.2, 0) is 10.0 Å². The zero-order chi connectivity index (χ0) is 18.7. The molecule has 0 bridgehead atoms. The van der Waals surface area contributed by atoms with Crippen LogP contribution in [0.1, 0.15) is 40.5 Å². The van der Waals surface area contributed by atoms with Gasteiger partial charge in [-0.3, -0.25) is 14.3 Å². The molecule has 1 saturated carbocycles. The lowest BCUT2D eigenvalue weighted by atomic mass is 10.2. The van der Waals surface area contributed by atoms with Crippen molar-refractivity contribution in [2.45, 2.75) is 24.7 Å². The molecule has 0 aromatic heterocycles. The highest BCUT2D eigenvalue weighted by Gasteiger charge is 2.22. The van der Waals surface area contributed by atoms with Crippen molar-refractivity contribution in [1.82, 2.24) is 5.32 Å². The summed E-state index contributed by atoms with van der Waals surface area (Å²) in [5.74, 6) is 0.308. The van der Waals surface area contributed by atoms with Gasteiger partial charge in [-0.25, -0.2) is 8.42 Å². The lowest BCUT2D eigenvalue weighted by molar-refractivity contribution is 0.0950. The topological polar surface area (TPSA) is 92.3 Å². The first-order chi connectivity index (χ1) is 12.3. The number of benzene rings is 2. The van der Waals surface area contributed by atoms with Crippen molar-refractivity contribution in [1.29, 1.82) is 0 Å². The fourth-order valence-corrected chi connectivity index (χ4v) is 3.49. The van der Waals surface area contributed by atoms with E-state index in [1.54, 1.807) is 24.3 Å². The van der Waals surface area contributed by atoms with E-state index in [9.17, 15) is 18.0 Å². The second-order valence-corrected chi connectivity index (χ2v) is 8.10. The Morgan fingerprint density at radius 1 is 0.962 bits per heavy atom. The van der Waals surface area contributed by atoms with E-state index in [1.807, 2.05) is 0 Å². The summed E-state index contributed by atoms with van der Waals surface area (Å²) in [6.07, 6.45) is 2.32. The molecule has 0 aliphatic heterocycles. The Hall–Kier alpha value is -2.67. The highest BCUT2D eigenvalue weighted by molar-refractivity contribution is 7.92. The molecule has 1 aliphatic carbocycles. The first-order valence-corrected chi connectivity index (χ1v) is 9.85. The quantitative estimate of drug-likeness (QED) is 0.731. The fourth-order valence-electron chi connectivity index (χ4n) is 2.43. The van der Waals surface area contributed by atoms with Crippen molar-refractivity contribution in [2.24, 2.45) is 5.92 Å². The van der Waals surface area contributed by atoms with Crippen molar-refractivity contribution in [3.63, 3.8) is 0 Å². The number of Topliss-reactive ketones (excluding diaryl/α,β-unsaturated/α-hetero) is 1. The van der Waals surface area contributed by atoms with Crippen LogP contribution in [0.25, 0.3) is 0 Å². The van der Waals surface area contributed by atoms with Gasteiger partial charge in [-0.05, 0) is 62.1 Å². The average Bonchev–Trinajstić information content (AvgIpc) is 3.44. The molecule has 0 radical (unpaired) electrons. The molecule has 3 rings (SSSR count). The van der Waals surface area contributed by atoms with E-state index in [1.165, 1.54) is 31.2 Å². The standard InChI is InChI=1S/C19H20N2O4S/c1-13(22)15-6-10-18(11-7-15)26(24,25)21-17-8-4-16(5-9-17)19(23)20-12-14-2-3-14/h4-11,14,21H,2-3,12H2,1H3,(H,20,23). The number of carbonyl (C=O) groups excluding carboxylic acids is 2. The molecule has 2 aromatic carbocycles. The van der Waals surface area contributed by atoms with Crippen LogP contribution in [0.4, 0.5) is 5.69 Å². The third kappa shape index (κ3) is 4.49. The molecule has 0 atom stereocenters. The van der Waals surface area contributed by atoms with Crippen LogP contribution < -0.4 is 10.0 Å². The molecule has 136 valence electrons. The lowest BCUT2D eigenvalue weighted by Gasteiger charge is -2.09. The molecule has 26 heavy (non-hydrogen) atoms. The van der Waals surface area contributed by atoms with Gasteiger partial charge in [-0.15, -0.1) is 0 Å². The van der Waals surface area contributed by atoms with Gasteiger partial charge in [0.25, 0.3) is 15.9 Å². The van der Waals surface area contributed by atoms with Gasteiger partial charge in [0.1, 0.15) is 0 Å². The molecule has 0 saturated heterocycles. The van der Waals surface area contributed by atoms with Crippen molar-refractivity contribution in [2.75, 3.05) is 11.3 Å². The second kappa shape index (κ2) is 7.29. The normalized spacial score (nSPS) is 13.9. The predicted molar refractivity (Wildman–Crippen MR) is 98.8 cm³/mol. The predicted octanol–water partition coefficient (Wildman–Crippen LogP) is 2.83. The molecule has 0 heterocycles. The largest absolute Gasteiger partial charge is 0.352 e. The van der Waals surface area contributed by atoms with Gasteiger partial charge in [0.2, 0.25) is 0 Å². The lowest BCUT2D eigenvalue weighted by Crippen LogP contribution is -2.25. The third-order valence-electron chi connectivity index (χ3n) is 4.22. The van der Waals surface area contributed by atoms with E-state index in [2.05, 4.69) is 10.0 Å². The van der Waals surface area contributed by atoms with Gasteiger partial charge < -0.3 is 5.32 Å². The Bertz CT molecular complexity index is 915. The third-order valence-corrected chi connectivity index (χ3v) is 5.62. The van der Waals surface area contributed by atoms with Gasteiger partial charge >= 0.3 is 0 Å². The molecular formula is C19H20N2O4S. The minimum atomic E-state index is -3.76. The molecule has 1 fully saturated rings. The Balaban J connectivity index is 1.66. The van der Waals surface area contributed by atoms with Crippen LogP contribution in [0, 0.1) is 5.92 Å². The summed E-state index contributed by atoms with van der Waals surface area (Å²) in [5.41, 5.74) is 1.30. The number of amides is 1. The monoisotopic (exact) mass is 372 g/mol. The maximum absolute atomic E-state index is 12.4. The Morgan fingerprint density at radius 3 is 2.08 bits per heavy atom. The Morgan fingerprint density at radius 2 is 1.54 bits per heavy atom. The number of nitrogens with one attached hydrogen (secondary N) is 2. The summed E-state index contributed by atoms with van der Waals surface area (Å²) in [6, 6.07) is 12.0. The van der Waals surface area contributed by atoms with Gasteiger partial charge in [-0.2, -0.15) is 0 Å². The molecule has 7 heteroatoms. The molecule has 0 unspecified atom stereocenters. The average molecular weight is 372 g/mol. The van der Waals surface area contributed by atoms with E-state index in [0.717, 1.165) is 12.8 Å². The van der Waals surface area contributed by atoms with Crippen molar-refractivity contribution >= 4 is 27.4 Å². The molecule has 2 aromatic rings. The number of carbonyl (C=O) groups is 2. The van der Waals surface area contributed by atoms with Crippen LogP contribution in [0.3, 0.4) is 0 Å². The van der Waals surface area contributed by atoms with Gasteiger partial charge in [0.15, 0.2) is 5.78 Å². The van der Waals surface area contributed by atoms with Crippen LogP contribution >= 0.6 is 0 Å². The molecule has 0 spiro atoms. The highest BCUT2D eigenvalue weighted by atomic mass is 32.2. The summed E-state index contributed by atoms with van der Waals surface area (Å²) in [6.45, 7) is 2.10. The van der Waals surface area contributed by atoms with E-state index >= 15 is 0 Å². The van der Waals surface area contributed by atoms with Gasteiger partial charge in [-0.1, -0.05) is 12.1 Å². The smallest absolute Gasteiger partial charge is 0.261 e. The number of rotatable bonds is 7. The van der Waals surface area contributed by atoms with Crippen molar-refractivity contribution in [3.8, 4) is 0 Å².